The van der Waals surface area contributed by atoms with Crippen molar-refractivity contribution in [1.29, 1.82) is 0 Å². The molecule has 0 aliphatic heterocycles. The molecule has 0 spiro atoms. The van der Waals surface area contributed by atoms with Crippen LogP contribution in [0.15, 0.2) is 0 Å². The molecule has 0 saturated carbocycles. The SMILES string of the molecule is CC(=O)CC(C)=O.CC(=O)CC(C)=O.[O]=[Mo]=[O]. The zero-order valence-corrected chi connectivity index (χ0v) is 12.3. The first-order valence-electron chi connectivity index (χ1n) is 4.56. The van der Waals surface area contributed by atoms with Crippen LogP contribution in [-0.4, -0.2) is 23.1 Å². The minimum absolute atomic E-state index is 0.0625. The Balaban J connectivity index is -0.000000188. The fourth-order valence-electron chi connectivity index (χ4n) is 0.701. The van der Waals surface area contributed by atoms with Gasteiger partial charge in [0.1, 0.15) is 23.1 Å². The quantitative estimate of drug-likeness (QED) is 0.560. The van der Waals surface area contributed by atoms with E-state index in [1.807, 2.05) is 0 Å². The van der Waals surface area contributed by atoms with Crippen molar-refractivity contribution in [3.8, 4) is 0 Å². The minimum atomic E-state index is -2.03. The van der Waals surface area contributed by atoms with Crippen LogP contribution in [0.3, 0.4) is 0 Å². The van der Waals surface area contributed by atoms with Crippen LogP contribution in [0.2, 0.25) is 0 Å². The molecule has 7 heteroatoms. The fourth-order valence-corrected chi connectivity index (χ4v) is 0.701. The topological polar surface area (TPSA) is 102 Å². The molecule has 0 saturated heterocycles. The Morgan fingerprint density at radius 3 is 0.765 bits per heavy atom. The van der Waals surface area contributed by atoms with Gasteiger partial charge in [-0.3, -0.25) is 19.2 Å². The van der Waals surface area contributed by atoms with Gasteiger partial charge in [-0.25, -0.2) is 0 Å². The number of Topliss-reactive ketones (excluding diaryl/α,β-unsaturated/α-hetero) is 4. The molecule has 0 unspecified atom stereocenters. The summed E-state index contributed by atoms with van der Waals surface area (Å²) < 4.78 is 17.0. The summed E-state index contributed by atoms with van der Waals surface area (Å²) in [5, 5.41) is 0. The number of carbonyl (C=O) groups excluding carboxylic acids is 4. The van der Waals surface area contributed by atoms with Gasteiger partial charge in [-0.15, -0.1) is 0 Å². The van der Waals surface area contributed by atoms with E-state index in [1.54, 1.807) is 0 Å². The van der Waals surface area contributed by atoms with Crippen LogP contribution in [-0.2, 0) is 44.5 Å². The van der Waals surface area contributed by atoms with Gasteiger partial charge < -0.3 is 0 Å². The molecule has 17 heavy (non-hydrogen) atoms. The summed E-state index contributed by atoms with van der Waals surface area (Å²) >= 11 is -2.03. The van der Waals surface area contributed by atoms with Crippen LogP contribution in [0.1, 0.15) is 40.5 Å². The average molecular weight is 328 g/mol. The van der Waals surface area contributed by atoms with E-state index in [9.17, 15) is 19.2 Å². The van der Waals surface area contributed by atoms with Gasteiger partial charge in [-0.2, -0.15) is 0 Å². The molecule has 0 atom stereocenters. The number of ketones is 4. The Kier molecular flexibility index (Phi) is 18.7. The van der Waals surface area contributed by atoms with Gasteiger partial charge in [-0.05, 0) is 27.7 Å². The zero-order chi connectivity index (χ0) is 14.4. The molecule has 0 rings (SSSR count). The predicted molar refractivity (Wildman–Crippen MR) is 53.3 cm³/mol. The monoisotopic (exact) mass is 330 g/mol. The van der Waals surface area contributed by atoms with Crippen LogP contribution in [0.4, 0.5) is 0 Å². The van der Waals surface area contributed by atoms with Gasteiger partial charge in [-0.1, -0.05) is 0 Å². The molecule has 0 bridgehead atoms. The molecule has 0 amide bonds. The van der Waals surface area contributed by atoms with Gasteiger partial charge in [0.05, 0.1) is 12.8 Å². The Morgan fingerprint density at radius 1 is 0.647 bits per heavy atom. The third-order valence-corrected chi connectivity index (χ3v) is 0.996. The zero-order valence-electron chi connectivity index (χ0n) is 10.3. The molecule has 0 heterocycles. The van der Waals surface area contributed by atoms with E-state index >= 15 is 0 Å². The molecule has 0 aromatic carbocycles. The Hall–Kier alpha value is -1.03. The Bertz CT molecular complexity index is 265. The van der Waals surface area contributed by atoms with Crippen LogP contribution in [0.5, 0.6) is 0 Å². The van der Waals surface area contributed by atoms with Gasteiger partial charge >= 0.3 is 25.3 Å². The van der Waals surface area contributed by atoms with E-state index in [1.165, 1.54) is 27.7 Å². The van der Waals surface area contributed by atoms with Crippen LogP contribution in [0, 0.1) is 0 Å². The van der Waals surface area contributed by atoms with E-state index in [-0.39, 0.29) is 36.0 Å². The van der Waals surface area contributed by atoms with Crippen molar-refractivity contribution < 1.29 is 44.5 Å². The van der Waals surface area contributed by atoms with E-state index in [0.717, 1.165) is 0 Å². The third kappa shape index (κ3) is 51.8. The predicted octanol–water partition coefficient (Wildman–Crippen LogP) is 0.869. The molecule has 0 N–H and O–H groups in total. The molecule has 0 aliphatic rings. The van der Waals surface area contributed by atoms with E-state index in [2.05, 4.69) is 0 Å². The summed E-state index contributed by atoms with van der Waals surface area (Å²) in [6.45, 7) is 5.62. The summed E-state index contributed by atoms with van der Waals surface area (Å²) in [5.74, 6) is -0.250. The first-order chi connectivity index (χ1) is 7.67. The molecule has 0 aromatic heterocycles. The fraction of sp³-hybridized carbons (Fsp3) is 0.600. The van der Waals surface area contributed by atoms with Crippen molar-refractivity contribution in [2.45, 2.75) is 40.5 Å². The average Bonchev–Trinajstić information content (AvgIpc) is 1.99. The van der Waals surface area contributed by atoms with Crippen molar-refractivity contribution in [2.75, 3.05) is 0 Å². The maximum absolute atomic E-state index is 10.0. The maximum atomic E-state index is 10.0. The summed E-state index contributed by atoms with van der Waals surface area (Å²) in [6, 6.07) is 0. The van der Waals surface area contributed by atoms with E-state index < -0.39 is 18.5 Å². The van der Waals surface area contributed by atoms with Crippen molar-refractivity contribution in [1.82, 2.24) is 0 Å². The summed E-state index contributed by atoms with van der Waals surface area (Å²) in [4.78, 5) is 40.1. The van der Waals surface area contributed by atoms with Crippen LogP contribution >= 0.6 is 0 Å². The summed E-state index contributed by atoms with van der Waals surface area (Å²) in [7, 11) is 0. The molecule has 98 valence electrons. The van der Waals surface area contributed by atoms with Crippen molar-refractivity contribution in [2.24, 2.45) is 0 Å². The van der Waals surface area contributed by atoms with Gasteiger partial charge in [0, 0.05) is 0 Å². The van der Waals surface area contributed by atoms with Crippen LogP contribution in [0.25, 0.3) is 0 Å². The summed E-state index contributed by atoms with van der Waals surface area (Å²) in [5.41, 5.74) is 0. The second kappa shape index (κ2) is 15.0. The summed E-state index contributed by atoms with van der Waals surface area (Å²) in [6.07, 6.45) is 0.167. The Labute approximate surface area is 108 Å². The second-order valence-electron chi connectivity index (χ2n) is 3.23. The second-order valence-corrected chi connectivity index (χ2v) is 3.56. The Morgan fingerprint density at radius 2 is 0.765 bits per heavy atom. The van der Waals surface area contributed by atoms with Crippen molar-refractivity contribution in [3.63, 3.8) is 0 Å². The van der Waals surface area contributed by atoms with Gasteiger partial charge in [0.2, 0.25) is 0 Å². The molecule has 6 nitrogen and oxygen atoms in total. The van der Waals surface area contributed by atoms with Crippen molar-refractivity contribution >= 4 is 23.1 Å². The molecule has 0 fully saturated rings. The standard InChI is InChI=1S/2C5H8O2.Mo.2O/c2*1-4(6)3-5(2)7;;;/h2*3H2,1-2H3;;;. The number of carbonyl (C=O) groups is 4. The first kappa shape index (κ1) is 21.3. The molecule has 0 aromatic rings. The first-order valence-corrected chi connectivity index (χ1v) is 6.20. The van der Waals surface area contributed by atoms with Crippen LogP contribution < -0.4 is 0 Å². The molecular formula is C10H16MoO6. The van der Waals surface area contributed by atoms with Crippen molar-refractivity contribution in [3.05, 3.63) is 0 Å². The normalized spacial score (nSPS) is 7.53. The van der Waals surface area contributed by atoms with E-state index in [4.69, 9.17) is 6.80 Å². The third-order valence-electron chi connectivity index (χ3n) is 0.996. The molecule has 0 aliphatic carbocycles. The number of rotatable bonds is 4. The van der Waals surface area contributed by atoms with Gasteiger partial charge in [0.15, 0.2) is 0 Å². The number of hydrogen-bond acceptors (Lipinski definition) is 6. The number of hydrogen-bond donors (Lipinski definition) is 0. The molecule has 0 radical (unpaired) electrons. The van der Waals surface area contributed by atoms with E-state index in [0.29, 0.717) is 0 Å². The van der Waals surface area contributed by atoms with Gasteiger partial charge in [0.25, 0.3) is 0 Å². The molecular weight excluding hydrogens is 312 g/mol.